The van der Waals surface area contributed by atoms with Gasteiger partial charge in [0, 0.05) is 10.9 Å². The molecule has 1 fully saturated rings. The van der Waals surface area contributed by atoms with Crippen molar-refractivity contribution in [3.63, 3.8) is 0 Å². The number of hydrogen-bond acceptors (Lipinski definition) is 6. The fraction of sp³-hybridized carbons (Fsp3) is 0.240. The molecule has 1 aliphatic carbocycles. The van der Waals surface area contributed by atoms with Gasteiger partial charge in [0.05, 0.1) is 11.1 Å². The molecule has 0 spiro atoms. The minimum absolute atomic E-state index is 0.0218. The van der Waals surface area contributed by atoms with E-state index < -0.39 is 51.5 Å². The van der Waals surface area contributed by atoms with Crippen LogP contribution in [0.2, 0.25) is 0 Å². The van der Waals surface area contributed by atoms with Gasteiger partial charge in [-0.1, -0.05) is 75.0 Å². The normalized spacial score (nSPS) is 23.0. The number of halogens is 4. The van der Waals surface area contributed by atoms with Crippen molar-refractivity contribution >= 4 is 85.9 Å². The highest BCUT2D eigenvalue weighted by atomic mass is 79.9. The Morgan fingerprint density at radius 3 is 2.38 bits per heavy atom. The summed E-state index contributed by atoms with van der Waals surface area (Å²) in [6, 6.07) is 10.6. The molecule has 37 heavy (non-hydrogen) atoms. The minimum Gasteiger partial charge on any atom is -0.460 e. The van der Waals surface area contributed by atoms with Crippen molar-refractivity contribution in [1.82, 2.24) is 10.2 Å². The Kier molecular flexibility index (Phi) is 6.47. The Morgan fingerprint density at radius 1 is 1.05 bits per heavy atom. The van der Waals surface area contributed by atoms with Crippen LogP contribution < -0.4 is 5.32 Å². The number of piperidine rings is 1. The molecular formula is C25H16BrCl3N2O6. The first-order valence-electron chi connectivity index (χ1n) is 11.0. The highest BCUT2D eigenvalue weighted by Crippen LogP contribution is 2.54. The van der Waals surface area contributed by atoms with Crippen molar-refractivity contribution in [3.05, 3.63) is 75.3 Å². The van der Waals surface area contributed by atoms with E-state index in [1.54, 1.807) is 36.4 Å². The summed E-state index contributed by atoms with van der Waals surface area (Å²) in [4.78, 5) is 64.2. The summed E-state index contributed by atoms with van der Waals surface area (Å²) in [7, 11) is 0. The van der Waals surface area contributed by atoms with E-state index in [-0.39, 0.29) is 24.0 Å². The monoisotopic (exact) mass is 624 g/mol. The maximum absolute atomic E-state index is 13.3. The number of esters is 1. The van der Waals surface area contributed by atoms with E-state index in [1.807, 2.05) is 0 Å². The van der Waals surface area contributed by atoms with Crippen molar-refractivity contribution in [2.75, 3.05) is 6.61 Å². The van der Waals surface area contributed by atoms with Crippen LogP contribution in [0.5, 0.6) is 0 Å². The molecular weight excluding hydrogens is 611 g/mol. The summed E-state index contributed by atoms with van der Waals surface area (Å²) in [5.74, 6) is -3.07. The van der Waals surface area contributed by atoms with Crippen LogP contribution >= 0.6 is 50.7 Å². The van der Waals surface area contributed by atoms with Crippen LogP contribution in [0.1, 0.15) is 44.7 Å². The first-order valence-corrected chi connectivity index (χ1v) is 12.9. The molecule has 2 heterocycles. The molecule has 2 aromatic rings. The van der Waals surface area contributed by atoms with Gasteiger partial charge in [-0.2, -0.15) is 0 Å². The Balaban J connectivity index is 1.46. The van der Waals surface area contributed by atoms with Gasteiger partial charge in [-0.25, -0.2) is 0 Å². The van der Waals surface area contributed by atoms with Gasteiger partial charge in [0.1, 0.15) is 18.1 Å². The summed E-state index contributed by atoms with van der Waals surface area (Å²) in [5, 5.41) is 2.17. The van der Waals surface area contributed by atoms with E-state index in [0.29, 0.717) is 16.7 Å². The van der Waals surface area contributed by atoms with Crippen molar-refractivity contribution in [3.8, 4) is 0 Å². The van der Waals surface area contributed by atoms with Gasteiger partial charge in [-0.3, -0.25) is 34.2 Å². The summed E-state index contributed by atoms with van der Waals surface area (Å²) in [6.07, 6.45) is 1.75. The number of benzene rings is 2. The lowest BCUT2D eigenvalue weighted by Gasteiger charge is -2.27. The quantitative estimate of drug-likeness (QED) is 0.304. The zero-order valence-corrected chi connectivity index (χ0v) is 22.6. The van der Waals surface area contributed by atoms with Crippen molar-refractivity contribution in [2.45, 2.75) is 28.1 Å². The summed E-state index contributed by atoms with van der Waals surface area (Å²) in [5.41, 5.74) is 0.616. The van der Waals surface area contributed by atoms with E-state index in [1.165, 1.54) is 12.1 Å². The van der Waals surface area contributed by atoms with E-state index in [9.17, 15) is 24.0 Å². The molecule has 0 aromatic heterocycles. The first kappa shape index (κ1) is 25.9. The lowest BCUT2D eigenvalue weighted by Crippen LogP contribution is -2.54. The lowest BCUT2D eigenvalue weighted by molar-refractivity contribution is -0.145. The van der Waals surface area contributed by atoms with Gasteiger partial charge in [0.2, 0.25) is 15.6 Å². The molecule has 0 bridgehead atoms. The summed E-state index contributed by atoms with van der Waals surface area (Å²) < 4.78 is 4.32. The number of fused-ring (bicyclic) bond motifs is 1. The van der Waals surface area contributed by atoms with Gasteiger partial charge in [0.15, 0.2) is 0 Å². The SMILES string of the molecule is O=C1CCC(N2C(=O)c3ccc(C4=C[C@]4(C(=O)OCC(Cl)(Cl)Cl)c4ccc(Br)cc4)cc3C2=O)C(=O)N1. The predicted octanol–water partition coefficient (Wildman–Crippen LogP) is 4.10. The number of amides is 4. The predicted molar refractivity (Wildman–Crippen MR) is 138 cm³/mol. The molecule has 2 aromatic carbocycles. The van der Waals surface area contributed by atoms with Crippen LogP contribution in [0, 0.1) is 0 Å². The lowest BCUT2D eigenvalue weighted by atomic mass is 9.87. The number of imide groups is 2. The third-order valence-corrected chi connectivity index (χ3v) is 7.30. The van der Waals surface area contributed by atoms with Crippen LogP contribution in [0.4, 0.5) is 0 Å². The topological polar surface area (TPSA) is 110 Å². The van der Waals surface area contributed by atoms with Crippen molar-refractivity contribution in [1.29, 1.82) is 0 Å². The second-order valence-electron chi connectivity index (χ2n) is 8.77. The van der Waals surface area contributed by atoms with Crippen LogP contribution in [0.15, 0.2) is 53.0 Å². The van der Waals surface area contributed by atoms with E-state index in [2.05, 4.69) is 21.2 Å². The van der Waals surface area contributed by atoms with E-state index in [4.69, 9.17) is 39.5 Å². The third kappa shape index (κ3) is 4.58. The average Bonchev–Trinajstić information content (AvgIpc) is 3.55. The Hall–Kier alpha value is -2.72. The maximum atomic E-state index is 13.3. The molecule has 8 nitrogen and oxygen atoms in total. The molecule has 5 rings (SSSR count). The largest absolute Gasteiger partial charge is 0.460 e. The number of nitrogens with zero attached hydrogens (tertiary/aromatic N) is 1. The molecule has 4 amide bonds. The van der Waals surface area contributed by atoms with Gasteiger partial charge >= 0.3 is 5.97 Å². The fourth-order valence-electron chi connectivity index (χ4n) is 4.63. The summed E-state index contributed by atoms with van der Waals surface area (Å²) in [6.45, 7) is -0.464. The number of rotatable bonds is 5. The molecule has 2 aliphatic heterocycles. The molecule has 190 valence electrons. The van der Waals surface area contributed by atoms with Crippen molar-refractivity contribution < 1.29 is 28.7 Å². The minimum atomic E-state index is -1.80. The smallest absolute Gasteiger partial charge is 0.325 e. The highest BCUT2D eigenvalue weighted by molar-refractivity contribution is 9.10. The third-order valence-electron chi connectivity index (χ3n) is 6.44. The van der Waals surface area contributed by atoms with Crippen LogP contribution in [-0.2, 0) is 24.5 Å². The number of carbonyl (C=O) groups excluding carboxylic acids is 5. The number of carbonyl (C=O) groups is 5. The number of hydrogen-bond donors (Lipinski definition) is 1. The standard InChI is InChI=1S/C25H16BrCl3N2O6/c26-14-4-2-13(3-5-14)24(23(36)37-11-25(27,28)29)10-17(24)12-1-6-15-16(9-12)22(35)31(21(15)34)18-7-8-19(32)30-20(18)33/h1-6,9-10,18H,7-8,11H2,(H,30,32,33)/t18?,24-/m0/s1. The van der Waals surface area contributed by atoms with Gasteiger partial charge in [0.25, 0.3) is 11.8 Å². The number of ether oxygens (including phenoxy) is 1. The second kappa shape index (κ2) is 9.23. The van der Waals surface area contributed by atoms with Crippen molar-refractivity contribution in [2.24, 2.45) is 0 Å². The van der Waals surface area contributed by atoms with Gasteiger partial charge in [-0.05, 0) is 47.4 Å². The average molecular weight is 627 g/mol. The Bertz CT molecular complexity index is 1420. The molecule has 2 atom stereocenters. The number of alkyl halides is 3. The Morgan fingerprint density at radius 2 is 1.73 bits per heavy atom. The zero-order valence-electron chi connectivity index (χ0n) is 18.7. The second-order valence-corrected chi connectivity index (χ2v) is 12.2. The van der Waals surface area contributed by atoms with E-state index in [0.717, 1.165) is 9.37 Å². The van der Waals surface area contributed by atoms with Crippen LogP contribution in [0.25, 0.3) is 5.57 Å². The molecule has 1 unspecified atom stereocenters. The Labute approximate surface area is 234 Å². The zero-order chi connectivity index (χ0) is 26.7. The molecule has 1 saturated heterocycles. The molecule has 0 saturated carbocycles. The fourth-order valence-corrected chi connectivity index (χ4v) is 5.06. The summed E-state index contributed by atoms with van der Waals surface area (Å²) >= 11 is 20.7. The molecule has 3 aliphatic rings. The molecule has 1 N–H and O–H groups in total. The molecule has 12 heteroatoms. The first-order chi connectivity index (χ1) is 17.4. The van der Waals surface area contributed by atoms with Crippen LogP contribution in [0.3, 0.4) is 0 Å². The van der Waals surface area contributed by atoms with Gasteiger partial charge in [-0.15, -0.1) is 0 Å². The van der Waals surface area contributed by atoms with E-state index >= 15 is 0 Å². The highest BCUT2D eigenvalue weighted by Gasteiger charge is 2.55. The number of nitrogens with one attached hydrogen (secondary N) is 1. The van der Waals surface area contributed by atoms with Gasteiger partial charge < -0.3 is 4.74 Å². The van der Waals surface area contributed by atoms with Crippen LogP contribution in [-0.4, -0.2) is 50.9 Å². The molecule has 0 radical (unpaired) electrons. The maximum Gasteiger partial charge on any atom is 0.325 e.